The number of amides is 1. The molecule has 15 nitrogen and oxygen atoms in total. The summed E-state index contributed by atoms with van der Waals surface area (Å²) in [6.07, 6.45) is 20.5. The molecule has 0 radical (unpaired) electrons. The lowest BCUT2D eigenvalue weighted by atomic mass is 9.97. The Kier molecular flexibility index (Phi) is 20.4. The second kappa shape index (κ2) is 24.4. The number of fused-ring (bicyclic) bond motifs is 2. The smallest absolute Gasteiger partial charge is 0.444 e. The Morgan fingerprint density at radius 2 is 1.55 bits per heavy atom. The summed E-state index contributed by atoms with van der Waals surface area (Å²) in [5.41, 5.74) is -0.855. The number of phosphoric acid groups is 1. The lowest BCUT2D eigenvalue weighted by Crippen LogP contribution is -2.44. The van der Waals surface area contributed by atoms with Gasteiger partial charge >= 0.3 is 13.9 Å². The zero-order valence-corrected chi connectivity index (χ0v) is 38.4. The van der Waals surface area contributed by atoms with E-state index in [2.05, 4.69) is 28.9 Å². The molecule has 2 aliphatic heterocycles. The third-order valence-corrected chi connectivity index (χ3v) is 11.6. The van der Waals surface area contributed by atoms with E-state index in [1.807, 2.05) is 0 Å². The van der Waals surface area contributed by atoms with Crippen molar-refractivity contribution in [3.8, 4) is 0 Å². The van der Waals surface area contributed by atoms with Crippen molar-refractivity contribution in [2.24, 2.45) is 0 Å². The van der Waals surface area contributed by atoms with E-state index in [0.29, 0.717) is 17.8 Å². The largest absolute Gasteiger partial charge is 0.472 e. The molecule has 0 spiro atoms. The second-order valence-electron chi connectivity index (χ2n) is 17.8. The Morgan fingerprint density at radius 3 is 2.15 bits per heavy atom. The molecule has 342 valence electrons. The molecule has 0 saturated carbocycles. The maximum atomic E-state index is 13.3. The van der Waals surface area contributed by atoms with E-state index in [1.165, 1.54) is 96.2 Å². The maximum Gasteiger partial charge on any atom is 0.472 e. The van der Waals surface area contributed by atoms with Crippen LogP contribution in [0.3, 0.4) is 0 Å². The van der Waals surface area contributed by atoms with Gasteiger partial charge in [0, 0.05) is 6.61 Å². The lowest BCUT2D eigenvalue weighted by Gasteiger charge is -2.31. The monoisotopic (exact) mass is 867 g/mol. The van der Waals surface area contributed by atoms with Crippen LogP contribution in [0.5, 0.6) is 0 Å². The summed E-state index contributed by atoms with van der Waals surface area (Å²) in [5.74, 6) is -0.736. The zero-order valence-electron chi connectivity index (χ0n) is 37.5. The molecule has 1 unspecified atom stereocenters. The van der Waals surface area contributed by atoms with Crippen LogP contribution in [0.1, 0.15) is 163 Å². The SMILES string of the molecule is C=CCO[C@H](COCCCCCCCCCCCCCCCCCC)COP(=O)(O)OC[C@@]1(C)O[C@@H](c2ccc3c(NC(=O)OC(C)(C)C)ncnn23)[C@@H]2OC(C)(C)O[C@@H]21. The molecule has 2 fully saturated rings. The lowest BCUT2D eigenvalue weighted by molar-refractivity contribution is -0.212. The third kappa shape index (κ3) is 16.7. The molecular formula is C44H75N4O11P. The summed E-state index contributed by atoms with van der Waals surface area (Å²) in [6, 6.07) is 3.54. The summed E-state index contributed by atoms with van der Waals surface area (Å²) < 4.78 is 62.0. The number of rotatable bonds is 30. The van der Waals surface area contributed by atoms with Gasteiger partial charge in [-0.25, -0.2) is 18.9 Å². The number of aromatic nitrogens is 3. The highest BCUT2D eigenvalue weighted by Gasteiger charge is 2.62. The van der Waals surface area contributed by atoms with Crippen molar-refractivity contribution in [3.63, 3.8) is 0 Å². The fraction of sp³-hybridized carbons (Fsp3) is 0.795. The minimum Gasteiger partial charge on any atom is -0.444 e. The van der Waals surface area contributed by atoms with Crippen molar-refractivity contribution < 1.29 is 51.7 Å². The molecule has 2 saturated heterocycles. The minimum atomic E-state index is -4.59. The fourth-order valence-electron chi connectivity index (χ4n) is 7.66. The molecule has 16 heteroatoms. The average Bonchev–Trinajstić information content (AvgIpc) is 3.84. The topological polar surface area (TPSA) is 170 Å². The van der Waals surface area contributed by atoms with Crippen molar-refractivity contribution in [2.75, 3.05) is 38.4 Å². The first kappa shape index (κ1) is 50.2. The van der Waals surface area contributed by atoms with Crippen LogP contribution in [0, 0.1) is 0 Å². The van der Waals surface area contributed by atoms with Gasteiger partial charge in [-0.05, 0) is 60.1 Å². The van der Waals surface area contributed by atoms with Crippen LogP contribution in [-0.2, 0) is 42.0 Å². The standard InChI is InChI=1S/C44H75N4O11P/c1-9-11-12-13-14-15-16-17-18-19-20-21-22-23-24-25-29-52-30-34(53-28-10-2)31-54-60(50,51)55-32-44(8)39-38(56-43(6,7)58-39)37(57-44)35-26-27-36-40(45-33-46-48(35)36)47-41(49)59-42(3,4)5/h10,26-27,33-34,37-39H,2,9,11-25,28-32H2,1,3-8H3,(H,50,51)(H,45,46,47,49)/t34-,37+,38+,39+,44-/m1/s1. The van der Waals surface area contributed by atoms with Crippen molar-refractivity contribution in [2.45, 2.75) is 193 Å². The Hall–Kier alpha value is -2.46. The number of carbonyl (C=O) groups is 1. The molecule has 0 aromatic carbocycles. The molecular weight excluding hydrogens is 791 g/mol. The number of nitrogens with zero attached hydrogens (tertiary/aromatic N) is 3. The number of carbonyl (C=O) groups excluding carboxylic acids is 1. The van der Waals surface area contributed by atoms with Crippen molar-refractivity contribution >= 4 is 25.3 Å². The Balaban J connectivity index is 1.20. The number of unbranched alkanes of at least 4 members (excludes halogenated alkanes) is 15. The summed E-state index contributed by atoms with van der Waals surface area (Å²) in [7, 11) is -4.59. The summed E-state index contributed by atoms with van der Waals surface area (Å²) in [4.78, 5) is 27.6. The van der Waals surface area contributed by atoms with E-state index in [4.69, 9.17) is 37.5 Å². The molecule has 2 N–H and O–H groups in total. The normalized spacial score (nSPS) is 22.8. The first-order valence-electron chi connectivity index (χ1n) is 22.3. The van der Waals surface area contributed by atoms with E-state index >= 15 is 0 Å². The molecule has 0 bridgehead atoms. The molecule has 60 heavy (non-hydrogen) atoms. The van der Waals surface area contributed by atoms with Crippen molar-refractivity contribution in [1.82, 2.24) is 14.6 Å². The number of ether oxygens (including phenoxy) is 6. The highest BCUT2D eigenvalue weighted by atomic mass is 31.2. The first-order chi connectivity index (χ1) is 28.6. The number of anilines is 1. The fourth-order valence-corrected chi connectivity index (χ4v) is 8.51. The average molecular weight is 867 g/mol. The van der Waals surface area contributed by atoms with Gasteiger partial charge in [-0.1, -0.05) is 109 Å². The Morgan fingerprint density at radius 1 is 0.933 bits per heavy atom. The number of hydrogen-bond donors (Lipinski definition) is 2. The van der Waals surface area contributed by atoms with Crippen LogP contribution in [0.15, 0.2) is 31.1 Å². The molecule has 2 aromatic rings. The van der Waals surface area contributed by atoms with Gasteiger partial charge < -0.3 is 33.3 Å². The molecule has 2 aliphatic rings. The van der Waals surface area contributed by atoms with E-state index in [1.54, 1.807) is 64.3 Å². The van der Waals surface area contributed by atoms with Gasteiger partial charge in [-0.3, -0.25) is 14.4 Å². The quantitative estimate of drug-likeness (QED) is 0.0432. The highest BCUT2D eigenvalue weighted by Crippen LogP contribution is 2.52. The van der Waals surface area contributed by atoms with Crippen LogP contribution in [0.2, 0.25) is 0 Å². The van der Waals surface area contributed by atoms with Crippen molar-refractivity contribution in [1.29, 1.82) is 0 Å². The third-order valence-electron chi connectivity index (χ3n) is 10.7. The van der Waals surface area contributed by atoms with Crippen molar-refractivity contribution in [3.05, 3.63) is 36.8 Å². The molecule has 6 atom stereocenters. The predicted molar refractivity (Wildman–Crippen MR) is 231 cm³/mol. The Labute approximate surface area is 358 Å². The first-order valence-corrected chi connectivity index (χ1v) is 23.8. The zero-order chi connectivity index (χ0) is 43.7. The number of phosphoric ester groups is 1. The van der Waals surface area contributed by atoms with E-state index in [9.17, 15) is 14.3 Å². The molecule has 4 rings (SSSR count). The summed E-state index contributed by atoms with van der Waals surface area (Å²) in [5, 5.41) is 7.10. The molecule has 0 aliphatic carbocycles. The van der Waals surface area contributed by atoms with Gasteiger partial charge in [0.2, 0.25) is 0 Å². The van der Waals surface area contributed by atoms with E-state index in [-0.39, 0.29) is 32.2 Å². The van der Waals surface area contributed by atoms with E-state index < -0.39 is 55.3 Å². The van der Waals surface area contributed by atoms with Gasteiger partial charge in [0.1, 0.15) is 47.5 Å². The predicted octanol–water partition coefficient (Wildman–Crippen LogP) is 10.4. The molecule has 2 aromatic heterocycles. The van der Waals surface area contributed by atoms with Gasteiger partial charge in [0.05, 0.1) is 32.1 Å². The summed E-state index contributed by atoms with van der Waals surface area (Å²) in [6.45, 7) is 17.0. The van der Waals surface area contributed by atoms with Crippen LogP contribution in [-0.4, -0.2) is 93.9 Å². The van der Waals surface area contributed by atoms with Crippen LogP contribution < -0.4 is 5.32 Å². The van der Waals surface area contributed by atoms with Crippen LogP contribution in [0.4, 0.5) is 10.6 Å². The number of nitrogens with one attached hydrogen (secondary N) is 1. The van der Waals surface area contributed by atoms with E-state index in [0.717, 1.165) is 12.8 Å². The summed E-state index contributed by atoms with van der Waals surface area (Å²) >= 11 is 0. The highest BCUT2D eigenvalue weighted by molar-refractivity contribution is 7.47. The molecule has 4 heterocycles. The minimum absolute atomic E-state index is 0.197. The van der Waals surface area contributed by atoms with Crippen LogP contribution in [0.25, 0.3) is 5.52 Å². The van der Waals surface area contributed by atoms with Crippen LogP contribution >= 0.6 is 7.82 Å². The van der Waals surface area contributed by atoms with Gasteiger partial charge in [-0.15, -0.1) is 6.58 Å². The second-order valence-corrected chi connectivity index (χ2v) is 19.3. The van der Waals surface area contributed by atoms with Gasteiger partial charge in [0.25, 0.3) is 0 Å². The van der Waals surface area contributed by atoms with Gasteiger partial charge in [0.15, 0.2) is 11.6 Å². The number of hydrogen-bond acceptors (Lipinski definition) is 12. The van der Waals surface area contributed by atoms with Gasteiger partial charge in [-0.2, -0.15) is 5.10 Å². The molecule has 1 amide bonds. The maximum absolute atomic E-state index is 13.3. The Bertz CT molecular complexity index is 1630.